The number of hydrogen-bond donors (Lipinski definition) is 4. The largest absolute Gasteiger partial charge is 0.508 e. The van der Waals surface area contributed by atoms with Crippen LogP contribution in [0.3, 0.4) is 0 Å². The zero-order chi connectivity index (χ0) is 26.1. The summed E-state index contributed by atoms with van der Waals surface area (Å²) < 4.78 is 4.79. The van der Waals surface area contributed by atoms with Crippen LogP contribution in [0.15, 0.2) is 41.1 Å². The highest BCUT2D eigenvalue weighted by atomic mass is 32.1. The number of esters is 1. The molecule has 0 aliphatic carbocycles. The Morgan fingerprint density at radius 1 is 1.11 bits per heavy atom. The number of benzene rings is 1. The number of aryl methyl sites for hydroxylation is 3. The molecule has 1 aromatic carbocycles. The minimum Gasteiger partial charge on any atom is -0.508 e. The first-order valence-corrected chi connectivity index (χ1v) is 12.3. The summed E-state index contributed by atoms with van der Waals surface area (Å²) in [6.45, 7) is 3.85. The summed E-state index contributed by atoms with van der Waals surface area (Å²) in [4.78, 5) is 46.2. The molecule has 190 valence electrons. The summed E-state index contributed by atoms with van der Waals surface area (Å²) in [5.74, 6) is -0.946. The van der Waals surface area contributed by atoms with Crippen LogP contribution in [0, 0.1) is 13.8 Å². The van der Waals surface area contributed by atoms with E-state index in [4.69, 9.17) is 4.74 Å². The first-order valence-electron chi connectivity index (χ1n) is 11.3. The van der Waals surface area contributed by atoms with Gasteiger partial charge in [0.15, 0.2) is 0 Å². The monoisotopic (exact) mass is 511 g/mol. The van der Waals surface area contributed by atoms with E-state index >= 15 is 0 Å². The Morgan fingerprint density at radius 3 is 2.50 bits per heavy atom. The van der Waals surface area contributed by atoms with E-state index in [2.05, 4.69) is 25.9 Å². The summed E-state index contributed by atoms with van der Waals surface area (Å²) in [5.41, 5.74) is 2.64. The summed E-state index contributed by atoms with van der Waals surface area (Å²) in [5, 5.41) is 21.4. The lowest BCUT2D eigenvalue weighted by Crippen LogP contribution is -2.49. The zero-order valence-electron chi connectivity index (χ0n) is 20.3. The number of anilines is 1. The van der Waals surface area contributed by atoms with Crippen LogP contribution in [0.5, 0.6) is 5.75 Å². The van der Waals surface area contributed by atoms with Gasteiger partial charge in [-0.2, -0.15) is 11.3 Å². The topological polar surface area (TPSA) is 143 Å². The van der Waals surface area contributed by atoms with Crippen molar-refractivity contribution in [2.24, 2.45) is 0 Å². The van der Waals surface area contributed by atoms with Gasteiger partial charge in [0.2, 0.25) is 5.95 Å². The first kappa shape index (κ1) is 26.6. The molecule has 10 nitrogen and oxygen atoms in total. The summed E-state index contributed by atoms with van der Waals surface area (Å²) >= 11 is 1.38. The van der Waals surface area contributed by atoms with Crippen LogP contribution < -0.4 is 16.0 Å². The molecule has 2 amide bonds. The van der Waals surface area contributed by atoms with Gasteiger partial charge in [-0.05, 0) is 55.8 Å². The molecule has 0 saturated carbocycles. The van der Waals surface area contributed by atoms with E-state index in [-0.39, 0.29) is 23.8 Å². The zero-order valence-corrected chi connectivity index (χ0v) is 21.1. The molecule has 4 N–H and O–H groups in total. The van der Waals surface area contributed by atoms with Crippen molar-refractivity contribution in [3.8, 4) is 5.75 Å². The number of carbonyl (C=O) groups excluding carboxylic acids is 3. The number of rotatable bonds is 11. The molecular formula is C25H29N5O5S. The Hall–Kier alpha value is -3.99. The van der Waals surface area contributed by atoms with Crippen LogP contribution in [0.1, 0.15) is 44.1 Å². The Bertz CT molecular complexity index is 1190. The van der Waals surface area contributed by atoms with E-state index in [9.17, 15) is 19.5 Å². The second kappa shape index (κ2) is 12.6. The lowest BCUT2D eigenvalue weighted by atomic mass is 10.1. The molecule has 3 aromatic rings. The van der Waals surface area contributed by atoms with Gasteiger partial charge in [-0.3, -0.25) is 9.59 Å². The number of carbonyl (C=O) groups is 3. The molecule has 1 unspecified atom stereocenters. The number of nitrogens with zero attached hydrogens (tertiary/aromatic N) is 2. The quantitative estimate of drug-likeness (QED) is 0.227. The van der Waals surface area contributed by atoms with Gasteiger partial charge < -0.3 is 25.8 Å². The number of methoxy groups -OCH3 is 1. The number of ether oxygens (including phenoxy) is 1. The number of amides is 2. The lowest BCUT2D eigenvalue weighted by molar-refractivity contribution is -0.142. The first-order chi connectivity index (χ1) is 17.3. The van der Waals surface area contributed by atoms with Crippen molar-refractivity contribution in [2.75, 3.05) is 25.5 Å². The maximum Gasteiger partial charge on any atom is 0.330 e. The molecule has 0 aliphatic heterocycles. The normalized spacial score (nSPS) is 11.4. The molecule has 3 rings (SSSR count). The predicted octanol–water partition coefficient (Wildman–Crippen LogP) is 2.61. The molecule has 2 heterocycles. The predicted molar refractivity (Wildman–Crippen MR) is 136 cm³/mol. The van der Waals surface area contributed by atoms with Crippen molar-refractivity contribution >= 4 is 35.1 Å². The summed E-state index contributed by atoms with van der Waals surface area (Å²) in [7, 11) is 1.21. The molecule has 0 aliphatic rings. The van der Waals surface area contributed by atoms with Gasteiger partial charge in [-0.1, -0.05) is 12.1 Å². The number of aromatic hydroxyl groups is 1. The van der Waals surface area contributed by atoms with Gasteiger partial charge in [-0.15, -0.1) is 0 Å². The molecule has 11 heteroatoms. The number of nitrogens with one attached hydrogen (secondary N) is 3. The van der Waals surface area contributed by atoms with Crippen molar-refractivity contribution in [3.63, 3.8) is 0 Å². The maximum absolute atomic E-state index is 13.0. The van der Waals surface area contributed by atoms with Crippen molar-refractivity contribution < 1.29 is 24.2 Å². The van der Waals surface area contributed by atoms with Crippen LogP contribution in [0.2, 0.25) is 0 Å². The van der Waals surface area contributed by atoms with Crippen molar-refractivity contribution in [2.45, 2.75) is 32.7 Å². The van der Waals surface area contributed by atoms with Crippen LogP contribution in [-0.4, -0.2) is 59.1 Å². The van der Waals surface area contributed by atoms with Gasteiger partial charge in [0.25, 0.3) is 11.8 Å². The summed E-state index contributed by atoms with van der Waals surface area (Å²) in [6.07, 6.45) is 1.57. The summed E-state index contributed by atoms with van der Waals surface area (Å²) in [6, 6.07) is 7.70. The molecule has 1 atom stereocenters. The number of phenolic OH excluding ortho intramolecular Hbond substituents is 1. The molecule has 0 bridgehead atoms. The number of hydrogen-bond acceptors (Lipinski definition) is 9. The average molecular weight is 512 g/mol. The Balaban J connectivity index is 1.59. The van der Waals surface area contributed by atoms with Gasteiger partial charge in [0.1, 0.15) is 11.8 Å². The van der Waals surface area contributed by atoms with E-state index in [1.54, 1.807) is 48.9 Å². The smallest absolute Gasteiger partial charge is 0.330 e. The van der Waals surface area contributed by atoms with Gasteiger partial charge in [0, 0.05) is 24.0 Å². The minimum atomic E-state index is -1.08. The molecule has 0 saturated heterocycles. The van der Waals surface area contributed by atoms with Crippen LogP contribution in [0.25, 0.3) is 0 Å². The fourth-order valence-electron chi connectivity index (χ4n) is 3.59. The molecule has 0 fully saturated rings. The molecular weight excluding hydrogens is 482 g/mol. The Labute approximate surface area is 213 Å². The van der Waals surface area contributed by atoms with E-state index in [1.807, 2.05) is 6.07 Å². The third-order valence-electron chi connectivity index (χ3n) is 5.37. The fourth-order valence-corrected chi connectivity index (χ4v) is 4.22. The van der Waals surface area contributed by atoms with Gasteiger partial charge in [0.05, 0.1) is 24.1 Å². The number of thiophene rings is 1. The van der Waals surface area contributed by atoms with E-state index in [0.29, 0.717) is 29.4 Å². The third-order valence-corrected chi connectivity index (χ3v) is 6.06. The molecule has 2 aromatic heterocycles. The van der Waals surface area contributed by atoms with E-state index in [0.717, 1.165) is 18.4 Å². The highest BCUT2D eigenvalue weighted by Gasteiger charge is 2.25. The lowest BCUT2D eigenvalue weighted by Gasteiger charge is -2.18. The van der Waals surface area contributed by atoms with Crippen molar-refractivity contribution in [1.82, 2.24) is 20.6 Å². The van der Waals surface area contributed by atoms with E-state index < -0.39 is 17.9 Å². The average Bonchev–Trinajstić information content (AvgIpc) is 3.38. The minimum absolute atomic E-state index is 0.134. The van der Waals surface area contributed by atoms with Crippen molar-refractivity contribution in [1.29, 1.82) is 0 Å². The molecule has 0 radical (unpaired) electrons. The van der Waals surface area contributed by atoms with Gasteiger partial charge >= 0.3 is 5.97 Å². The SMILES string of the molecule is COC(=O)C(CNC(=O)c1ccsc1)NC(=O)c1c(C)nc(NCCCc2cccc(O)c2)nc1C. The third kappa shape index (κ3) is 7.25. The second-order valence-corrected chi connectivity index (χ2v) is 8.84. The Morgan fingerprint density at radius 2 is 1.86 bits per heavy atom. The molecule has 36 heavy (non-hydrogen) atoms. The Kier molecular flexibility index (Phi) is 9.34. The van der Waals surface area contributed by atoms with Crippen LogP contribution >= 0.6 is 11.3 Å². The highest BCUT2D eigenvalue weighted by molar-refractivity contribution is 7.08. The van der Waals surface area contributed by atoms with Gasteiger partial charge in [-0.25, -0.2) is 14.8 Å². The number of phenols is 1. The highest BCUT2D eigenvalue weighted by Crippen LogP contribution is 2.15. The second-order valence-electron chi connectivity index (χ2n) is 8.06. The fraction of sp³-hybridized carbons (Fsp3) is 0.320. The standard InChI is InChI=1S/C25H29N5O5S/c1-15-21(16(2)29-25(28-15)26-10-5-7-17-6-4-8-19(31)12-17)23(33)30-20(24(34)35-3)13-27-22(32)18-9-11-36-14-18/h4,6,8-9,11-12,14,20,31H,5,7,10,13H2,1-3H3,(H,27,32)(H,30,33)(H,26,28,29). The molecule has 0 spiro atoms. The van der Waals surface area contributed by atoms with E-state index in [1.165, 1.54) is 18.4 Å². The van der Waals surface area contributed by atoms with Crippen LogP contribution in [0.4, 0.5) is 5.95 Å². The maximum atomic E-state index is 13.0. The van der Waals surface area contributed by atoms with Crippen LogP contribution in [-0.2, 0) is 16.0 Å². The number of aromatic nitrogens is 2. The van der Waals surface area contributed by atoms with Crippen molar-refractivity contribution in [3.05, 3.63) is 69.2 Å².